The van der Waals surface area contributed by atoms with E-state index in [1.165, 1.54) is 15.9 Å². The molecule has 1 amide bonds. The van der Waals surface area contributed by atoms with Crippen LogP contribution in [0.15, 0.2) is 24.9 Å². The highest BCUT2D eigenvalue weighted by Gasteiger charge is 2.41. The molecule has 1 saturated heterocycles. The van der Waals surface area contributed by atoms with E-state index < -0.39 is 18.2 Å². The van der Waals surface area contributed by atoms with Crippen molar-refractivity contribution in [3.05, 3.63) is 24.9 Å². The molecule has 1 fully saturated rings. The third-order valence-electron chi connectivity index (χ3n) is 4.82. The Morgan fingerprint density at radius 3 is 2.63 bits per heavy atom. The van der Waals surface area contributed by atoms with Gasteiger partial charge in [-0.3, -0.25) is 9.59 Å². The molecule has 1 N–H and O–H groups in total. The Balaban J connectivity index is 1.88. The van der Waals surface area contributed by atoms with Gasteiger partial charge in [-0.05, 0) is 5.92 Å². The van der Waals surface area contributed by atoms with Crippen LogP contribution < -0.4 is 0 Å². The van der Waals surface area contributed by atoms with Gasteiger partial charge in [0.2, 0.25) is 5.91 Å². The number of rotatable bonds is 6. The monoisotopic (exact) mass is 372 g/mol. The maximum atomic E-state index is 13.3. The van der Waals surface area contributed by atoms with Gasteiger partial charge in [-0.25, -0.2) is 14.6 Å². The summed E-state index contributed by atoms with van der Waals surface area (Å²) in [6.45, 7) is 5.76. The van der Waals surface area contributed by atoms with E-state index in [9.17, 15) is 14.7 Å². The van der Waals surface area contributed by atoms with Gasteiger partial charge in [0, 0.05) is 37.3 Å². The normalized spacial score (nSPS) is 20.9. The number of β-amino-alcohol motifs (C(OH)–C–C–N with tert-alkyl or cyclic N) is 1. The molecule has 2 aromatic heterocycles. The van der Waals surface area contributed by atoms with Crippen molar-refractivity contribution in [3.8, 4) is 11.3 Å². The molecule has 9 heteroatoms. The van der Waals surface area contributed by atoms with E-state index >= 15 is 0 Å². The third kappa shape index (κ3) is 3.87. The molecule has 27 heavy (non-hydrogen) atoms. The van der Waals surface area contributed by atoms with Crippen molar-refractivity contribution in [3.63, 3.8) is 0 Å². The van der Waals surface area contributed by atoms with Crippen molar-refractivity contribution < 1.29 is 14.7 Å². The lowest BCUT2D eigenvalue weighted by atomic mass is 10.0. The predicted molar refractivity (Wildman–Crippen MR) is 96.3 cm³/mol. The van der Waals surface area contributed by atoms with E-state index in [0.29, 0.717) is 17.7 Å². The summed E-state index contributed by atoms with van der Waals surface area (Å²) in [7, 11) is 0. The molecule has 0 saturated carbocycles. The minimum absolute atomic E-state index is 0.0388. The van der Waals surface area contributed by atoms with Gasteiger partial charge in [-0.1, -0.05) is 26.0 Å². The lowest BCUT2D eigenvalue weighted by Crippen LogP contribution is -2.45. The number of amides is 1. The van der Waals surface area contributed by atoms with Crippen molar-refractivity contribution in [2.75, 3.05) is 6.54 Å². The van der Waals surface area contributed by atoms with Crippen molar-refractivity contribution >= 4 is 11.7 Å². The number of aliphatic hydroxyl groups excluding tert-OH is 1. The zero-order valence-corrected chi connectivity index (χ0v) is 15.7. The number of carbonyl (C=O) groups excluding carboxylic acids is 2. The van der Waals surface area contributed by atoms with Crippen LogP contribution in [-0.4, -0.2) is 65.3 Å². The second-order valence-corrected chi connectivity index (χ2v) is 7.12. The average molecular weight is 372 g/mol. The third-order valence-corrected chi connectivity index (χ3v) is 4.82. The first-order chi connectivity index (χ1) is 12.9. The van der Waals surface area contributed by atoms with Crippen LogP contribution in [-0.2, 0) is 9.59 Å². The standard InChI is InChI=1S/C18H24N6O3/c1-4-16(26)15-5-13(25)8-23(15)18(27)17(11(2)3)24-9-14(21-22-24)12-6-19-10-20-7-12/h6-7,9-11,13,15,17,25H,4-5,8H2,1-3H3/t13-,15+,17+/m1/s1. The van der Waals surface area contributed by atoms with E-state index in [0.717, 1.165) is 0 Å². The summed E-state index contributed by atoms with van der Waals surface area (Å²) in [5.41, 5.74) is 1.27. The van der Waals surface area contributed by atoms with Crippen molar-refractivity contribution in [1.29, 1.82) is 0 Å². The van der Waals surface area contributed by atoms with Crippen LogP contribution in [0.25, 0.3) is 11.3 Å². The van der Waals surface area contributed by atoms with Crippen molar-refractivity contribution in [2.24, 2.45) is 5.92 Å². The van der Waals surface area contributed by atoms with E-state index in [2.05, 4.69) is 20.3 Å². The molecule has 144 valence electrons. The minimum Gasteiger partial charge on any atom is -0.391 e. The zero-order chi connectivity index (χ0) is 19.6. The van der Waals surface area contributed by atoms with Crippen LogP contribution in [0.4, 0.5) is 0 Å². The molecule has 0 aliphatic carbocycles. The molecule has 3 rings (SSSR count). The minimum atomic E-state index is -0.685. The fourth-order valence-corrected chi connectivity index (χ4v) is 3.45. The van der Waals surface area contributed by atoms with Gasteiger partial charge in [0.25, 0.3) is 0 Å². The Morgan fingerprint density at radius 2 is 2.00 bits per heavy atom. The molecule has 0 radical (unpaired) electrons. The van der Waals surface area contributed by atoms with E-state index in [-0.39, 0.29) is 30.6 Å². The molecule has 3 heterocycles. The molecule has 1 aliphatic heterocycles. The lowest BCUT2D eigenvalue weighted by molar-refractivity contribution is -0.141. The molecule has 0 aromatic carbocycles. The highest BCUT2D eigenvalue weighted by Crippen LogP contribution is 2.28. The molecular formula is C18H24N6O3. The van der Waals surface area contributed by atoms with E-state index in [1.54, 1.807) is 25.5 Å². The quantitative estimate of drug-likeness (QED) is 0.800. The summed E-state index contributed by atoms with van der Waals surface area (Å²) in [5.74, 6) is -0.341. The summed E-state index contributed by atoms with van der Waals surface area (Å²) in [6.07, 6.45) is 6.29. The van der Waals surface area contributed by atoms with Crippen LogP contribution >= 0.6 is 0 Å². The van der Waals surface area contributed by atoms with Crippen LogP contribution in [0.2, 0.25) is 0 Å². The molecular weight excluding hydrogens is 348 g/mol. The van der Waals surface area contributed by atoms with Crippen LogP contribution in [0.3, 0.4) is 0 Å². The highest BCUT2D eigenvalue weighted by molar-refractivity contribution is 5.91. The van der Waals surface area contributed by atoms with Gasteiger partial charge in [0.15, 0.2) is 5.78 Å². The second-order valence-electron chi connectivity index (χ2n) is 7.12. The predicted octanol–water partition coefficient (Wildman–Crippen LogP) is 0.873. The van der Waals surface area contributed by atoms with Gasteiger partial charge < -0.3 is 10.0 Å². The van der Waals surface area contributed by atoms with Gasteiger partial charge in [-0.2, -0.15) is 0 Å². The molecule has 3 atom stereocenters. The van der Waals surface area contributed by atoms with Gasteiger partial charge in [0.05, 0.1) is 18.3 Å². The summed E-state index contributed by atoms with van der Waals surface area (Å²) in [6, 6.07) is -1.20. The number of ketones is 1. The summed E-state index contributed by atoms with van der Waals surface area (Å²) < 4.78 is 1.52. The molecule has 2 aromatic rings. The summed E-state index contributed by atoms with van der Waals surface area (Å²) in [4.78, 5) is 34.9. The number of aliphatic hydroxyl groups is 1. The summed E-state index contributed by atoms with van der Waals surface area (Å²) >= 11 is 0. The summed E-state index contributed by atoms with van der Waals surface area (Å²) in [5, 5.41) is 18.3. The first-order valence-corrected chi connectivity index (χ1v) is 9.10. The second kappa shape index (κ2) is 7.91. The number of aromatic nitrogens is 5. The Kier molecular flexibility index (Phi) is 5.59. The topological polar surface area (TPSA) is 114 Å². The van der Waals surface area contributed by atoms with Crippen LogP contribution in [0, 0.1) is 5.92 Å². The molecule has 0 spiro atoms. The van der Waals surface area contributed by atoms with Gasteiger partial charge in [0.1, 0.15) is 18.1 Å². The fourth-order valence-electron chi connectivity index (χ4n) is 3.45. The van der Waals surface area contributed by atoms with Gasteiger partial charge >= 0.3 is 0 Å². The van der Waals surface area contributed by atoms with Gasteiger partial charge in [-0.15, -0.1) is 5.10 Å². The molecule has 0 bridgehead atoms. The Labute approximate surface area is 157 Å². The number of nitrogens with zero attached hydrogens (tertiary/aromatic N) is 6. The number of carbonyl (C=O) groups is 2. The molecule has 1 aliphatic rings. The van der Waals surface area contributed by atoms with Crippen molar-refractivity contribution in [1.82, 2.24) is 29.9 Å². The Hall–Kier alpha value is -2.68. The molecule has 0 unspecified atom stereocenters. The SMILES string of the molecule is CCC(=O)[C@@H]1C[C@@H](O)CN1C(=O)[C@H](C(C)C)n1cc(-c2cncnc2)nn1. The first kappa shape index (κ1) is 19.1. The maximum Gasteiger partial charge on any atom is 0.248 e. The Morgan fingerprint density at radius 1 is 1.30 bits per heavy atom. The zero-order valence-electron chi connectivity index (χ0n) is 15.7. The fraction of sp³-hybridized carbons (Fsp3) is 0.556. The molecule has 9 nitrogen and oxygen atoms in total. The number of Topliss-reactive ketones (excluding diaryl/α,β-unsaturated/α-hetero) is 1. The van der Waals surface area contributed by atoms with E-state index in [4.69, 9.17) is 0 Å². The number of hydrogen-bond acceptors (Lipinski definition) is 7. The maximum absolute atomic E-state index is 13.3. The number of likely N-dealkylation sites (tertiary alicyclic amines) is 1. The lowest BCUT2D eigenvalue weighted by Gasteiger charge is -2.29. The van der Waals surface area contributed by atoms with E-state index in [1.807, 2.05) is 13.8 Å². The Bertz CT molecular complexity index is 806. The van der Waals surface area contributed by atoms with Crippen LogP contribution in [0.1, 0.15) is 39.7 Å². The highest BCUT2D eigenvalue weighted by atomic mass is 16.3. The van der Waals surface area contributed by atoms with Crippen molar-refractivity contribution in [2.45, 2.75) is 51.8 Å². The average Bonchev–Trinajstić information content (AvgIpc) is 3.28. The smallest absolute Gasteiger partial charge is 0.248 e. The van der Waals surface area contributed by atoms with Crippen LogP contribution in [0.5, 0.6) is 0 Å². The first-order valence-electron chi connectivity index (χ1n) is 9.10. The number of hydrogen-bond donors (Lipinski definition) is 1. The largest absolute Gasteiger partial charge is 0.391 e.